The Morgan fingerprint density at radius 2 is 1.94 bits per heavy atom. The summed E-state index contributed by atoms with van der Waals surface area (Å²) in [6.07, 6.45) is 1.02. The fourth-order valence-corrected chi connectivity index (χ4v) is 2.59. The molecular formula is C15H22N2O. The largest absolute Gasteiger partial charge is 0.337 e. The van der Waals surface area contributed by atoms with Crippen LogP contribution < -0.4 is 5.73 Å². The molecule has 2 atom stereocenters. The summed E-state index contributed by atoms with van der Waals surface area (Å²) in [5, 5.41) is 0. The Morgan fingerprint density at radius 1 is 1.28 bits per heavy atom. The molecule has 0 saturated carbocycles. The van der Waals surface area contributed by atoms with Gasteiger partial charge >= 0.3 is 0 Å². The predicted molar refractivity (Wildman–Crippen MR) is 73.3 cm³/mol. The van der Waals surface area contributed by atoms with Gasteiger partial charge in [-0.2, -0.15) is 0 Å². The van der Waals surface area contributed by atoms with Crippen molar-refractivity contribution in [3.8, 4) is 0 Å². The number of nitrogens with zero attached hydrogens (tertiary/aromatic N) is 1. The zero-order valence-electron chi connectivity index (χ0n) is 11.2. The highest BCUT2D eigenvalue weighted by atomic mass is 16.2. The van der Waals surface area contributed by atoms with Gasteiger partial charge in [0.05, 0.1) is 0 Å². The van der Waals surface area contributed by atoms with Gasteiger partial charge in [-0.3, -0.25) is 4.79 Å². The number of likely N-dealkylation sites (tertiary alicyclic amines) is 1. The number of hydrogen-bond acceptors (Lipinski definition) is 2. The van der Waals surface area contributed by atoms with Crippen LogP contribution in [0, 0.1) is 11.8 Å². The van der Waals surface area contributed by atoms with E-state index < -0.39 is 0 Å². The van der Waals surface area contributed by atoms with E-state index in [0.29, 0.717) is 18.4 Å². The van der Waals surface area contributed by atoms with Crippen LogP contribution in [-0.4, -0.2) is 29.9 Å². The maximum atomic E-state index is 12.4. The molecule has 1 aliphatic heterocycles. The van der Waals surface area contributed by atoms with E-state index >= 15 is 0 Å². The third kappa shape index (κ3) is 2.91. The molecule has 3 nitrogen and oxygen atoms in total. The summed E-state index contributed by atoms with van der Waals surface area (Å²) >= 11 is 0. The zero-order chi connectivity index (χ0) is 13.1. The third-order valence-corrected chi connectivity index (χ3v) is 3.77. The maximum Gasteiger partial charge on any atom is 0.253 e. The number of benzene rings is 1. The highest BCUT2D eigenvalue weighted by molar-refractivity contribution is 5.94. The third-order valence-electron chi connectivity index (χ3n) is 3.77. The van der Waals surface area contributed by atoms with Crippen LogP contribution in [-0.2, 0) is 0 Å². The van der Waals surface area contributed by atoms with Crippen LogP contribution in [0.25, 0.3) is 0 Å². The molecule has 18 heavy (non-hydrogen) atoms. The van der Waals surface area contributed by atoms with E-state index in [2.05, 4.69) is 13.8 Å². The van der Waals surface area contributed by atoms with E-state index in [-0.39, 0.29) is 11.9 Å². The smallest absolute Gasteiger partial charge is 0.253 e. The Balaban J connectivity index is 2.10. The lowest BCUT2D eigenvalue weighted by atomic mass is 9.85. The predicted octanol–water partition coefficient (Wildman–Crippen LogP) is 2.13. The van der Waals surface area contributed by atoms with E-state index in [0.717, 1.165) is 18.5 Å². The van der Waals surface area contributed by atoms with Crippen molar-refractivity contribution in [3.63, 3.8) is 0 Å². The number of rotatable bonds is 2. The first-order valence-corrected chi connectivity index (χ1v) is 6.68. The maximum absolute atomic E-state index is 12.4. The molecule has 1 aromatic rings. The monoisotopic (exact) mass is 246 g/mol. The molecule has 1 saturated heterocycles. The number of hydrogen-bond donors (Lipinski definition) is 1. The molecule has 1 fully saturated rings. The van der Waals surface area contributed by atoms with Crippen molar-refractivity contribution in [2.75, 3.05) is 13.1 Å². The van der Waals surface area contributed by atoms with Crippen molar-refractivity contribution in [3.05, 3.63) is 35.9 Å². The van der Waals surface area contributed by atoms with Crippen molar-refractivity contribution in [1.29, 1.82) is 0 Å². The van der Waals surface area contributed by atoms with Gasteiger partial charge in [0.25, 0.3) is 5.91 Å². The van der Waals surface area contributed by atoms with E-state index in [1.807, 2.05) is 35.2 Å². The van der Waals surface area contributed by atoms with Crippen LogP contribution in [0.3, 0.4) is 0 Å². The quantitative estimate of drug-likeness (QED) is 0.869. The number of carbonyl (C=O) groups excluding carboxylic acids is 1. The molecular weight excluding hydrogens is 224 g/mol. The lowest BCUT2D eigenvalue weighted by molar-refractivity contribution is 0.0612. The van der Waals surface area contributed by atoms with Gasteiger partial charge in [-0.25, -0.2) is 0 Å². The molecule has 0 aromatic heterocycles. The first-order chi connectivity index (χ1) is 8.58. The highest BCUT2D eigenvalue weighted by Gasteiger charge is 2.30. The van der Waals surface area contributed by atoms with Crippen molar-refractivity contribution in [2.45, 2.75) is 26.3 Å². The summed E-state index contributed by atoms with van der Waals surface area (Å²) in [7, 11) is 0. The summed E-state index contributed by atoms with van der Waals surface area (Å²) in [5.74, 6) is 1.19. The SMILES string of the molecule is CC(C)C1CC(N)CN(C(=O)c2ccccc2)C1. The molecule has 0 aliphatic carbocycles. The van der Waals surface area contributed by atoms with Crippen LogP contribution in [0.15, 0.2) is 30.3 Å². The van der Waals surface area contributed by atoms with Gasteiger partial charge in [-0.1, -0.05) is 32.0 Å². The Hall–Kier alpha value is -1.35. The summed E-state index contributed by atoms with van der Waals surface area (Å²) in [5.41, 5.74) is 6.83. The van der Waals surface area contributed by atoms with Gasteiger partial charge in [0, 0.05) is 24.7 Å². The number of amides is 1. The molecule has 1 aliphatic rings. The lowest BCUT2D eigenvalue weighted by Gasteiger charge is -2.38. The Labute approximate surface area is 109 Å². The molecule has 2 N–H and O–H groups in total. The normalized spacial score (nSPS) is 24.3. The second-order valence-electron chi connectivity index (χ2n) is 5.58. The molecule has 2 rings (SSSR count). The molecule has 1 aromatic carbocycles. The molecule has 98 valence electrons. The number of carbonyl (C=O) groups is 1. The summed E-state index contributed by atoms with van der Waals surface area (Å²) in [6, 6.07) is 9.57. The van der Waals surface area contributed by atoms with Crippen LogP contribution >= 0.6 is 0 Å². The van der Waals surface area contributed by atoms with Crippen LogP contribution in [0.5, 0.6) is 0 Å². The van der Waals surface area contributed by atoms with E-state index in [4.69, 9.17) is 5.73 Å². The topological polar surface area (TPSA) is 46.3 Å². The Bertz CT molecular complexity index is 402. The average Bonchev–Trinajstić information content (AvgIpc) is 2.38. The molecule has 0 spiro atoms. The van der Waals surface area contributed by atoms with Gasteiger partial charge in [0.2, 0.25) is 0 Å². The lowest BCUT2D eigenvalue weighted by Crippen LogP contribution is -2.50. The molecule has 1 amide bonds. The molecule has 0 bridgehead atoms. The minimum Gasteiger partial charge on any atom is -0.337 e. The fraction of sp³-hybridized carbons (Fsp3) is 0.533. The minimum atomic E-state index is 0.108. The van der Waals surface area contributed by atoms with Gasteiger partial charge < -0.3 is 10.6 Å². The summed E-state index contributed by atoms with van der Waals surface area (Å²) < 4.78 is 0. The van der Waals surface area contributed by atoms with Crippen LogP contribution in [0.2, 0.25) is 0 Å². The summed E-state index contributed by atoms with van der Waals surface area (Å²) in [4.78, 5) is 14.3. The first kappa shape index (κ1) is 13.1. The van der Waals surface area contributed by atoms with E-state index in [1.54, 1.807) is 0 Å². The Kier molecular flexibility index (Phi) is 4.02. The zero-order valence-corrected chi connectivity index (χ0v) is 11.2. The first-order valence-electron chi connectivity index (χ1n) is 6.68. The van der Waals surface area contributed by atoms with Gasteiger partial charge in [0.1, 0.15) is 0 Å². The second kappa shape index (κ2) is 5.53. The number of nitrogens with two attached hydrogens (primary N) is 1. The van der Waals surface area contributed by atoms with Gasteiger partial charge in [-0.15, -0.1) is 0 Å². The minimum absolute atomic E-state index is 0.108. The van der Waals surface area contributed by atoms with Gasteiger partial charge in [0.15, 0.2) is 0 Å². The summed E-state index contributed by atoms with van der Waals surface area (Å²) in [6.45, 7) is 5.91. The average molecular weight is 246 g/mol. The highest BCUT2D eigenvalue weighted by Crippen LogP contribution is 2.24. The molecule has 3 heteroatoms. The van der Waals surface area contributed by atoms with Crippen LogP contribution in [0.4, 0.5) is 0 Å². The fourth-order valence-electron chi connectivity index (χ4n) is 2.59. The second-order valence-corrected chi connectivity index (χ2v) is 5.58. The van der Waals surface area contributed by atoms with Crippen LogP contribution in [0.1, 0.15) is 30.6 Å². The van der Waals surface area contributed by atoms with E-state index in [1.165, 1.54) is 0 Å². The Morgan fingerprint density at radius 3 is 2.56 bits per heavy atom. The number of piperidine rings is 1. The van der Waals surface area contributed by atoms with E-state index in [9.17, 15) is 4.79 Å². The van der Waals surface area contributed by atoms with Gasteiger partial charge in [-0.05, 0) is 30.4 Å². The molecule has 2 unspecified atom stereocenters. The van der Waals surface area contributed by atoms with Crippen molar-refractivity contribution < 1.29 is 4.79 Å². The van der Waals surface area contributed by atoms with Crippen molar-refractivity contribution >= 4 is 5.91 Å². The van der Waals surface area contributed by atoms with Crippen molar-refractivity contribution in [2.24, 2.45) is 17.6 Å². The molecule has 0 radical (unpaired) electrons. The standard InChI is InChI=1S/C15H22N2O/c1-11(2)13-8-14(16)10-17(9-13)15(18)12-6-4-3-5-7-12/h3-7,11,13-14H,8-10,16H2,1-2H3. The van der Waals surface area contributed by atoms with Crippen molar-refractivity contribution in [1.82, 2.24) is 4.90 Å². The molecule has 1 heterocycles.